The fourth-order valence-corrected chi connectivity index (χ4v) is 2.11. The molecule has 21 heavy (non-hydrogen) atoms. The van der Waals surface area contributed by atoms with Gasteiger partial charge in [-0.05, 0) is 31.5 Å². The third-order valence-electron chi connectivity index (χ3n) is 3.34. The lowest BCUT2D eigenvalue weighted by Crippen LogP contribution is -2.48. The highest BCUT2D eigenvalue weighted by Crippen LogP contribution is 2.19. The van der Waals surface area contributed by atoms with Crippen LogP contribution in [0.1, 0.15) is 26.7 Å². The molecule has 0 aliphatic heterocycles. The quantitative estimate of drug-likeness (QED) is 0.903. The highest BCUT2D eigenvalue weighted by atomic mass is 35.5. The molecule has 1 aromatic carbocycles. The fraction of sp³-hybridized carbons (Fsp3) is 0.429. The van der Waals surface area contributed by atoms with Crippen LogP contribution in [0.5, 0.6) is 0 Å². The first-order valence-electron chi connectivity index (χ1n) is 6.55. The predicted molar refractivity (Wildman–Crippen MR) is 84.8 cm³/mol. The van der Waals surface area contributed by atoms with Gasteiger partial charge in [-0.3, -0.25) is 9.36 Å². The number of nitrogens with one attached hydrogen (secondary N) is 1. The van der Waals surface area contributed by atoms with E-state index < -0.39 is 11.3 Å². The summed E-state index contributed by atoms with van der Waals surface area (Å²) in [6, 6.07) is 5.03. The Morgan fingerprint density at radius 1 is 1.48 bits per heavy atom. The number of nitrogens with zero attached hydrogens (tertiary/aromatic N) is 1. The van der Waals surface area contributed by atoms with Crippen LogP contribution in [0, 0.1) is 0 Å². The van der Waals surface area contributed by atoms with Gasteiger partial charge in [-0.25, -0.2) is 4.79 Å². The average molecular weight is 314 g/mol. The van der Waals surface area contributed by atoms with Gasteiger partial charge in [0, 0.05) is 12.7 Å². The van der Waals surface area contributed by atoms with Crippen molar-refractivity contribution in [3.8, 4) is 0 Å². The van der Waals surface area contributed by atoms with Crippen molar-refractivity contribution in [3.63, 3.8) is 0 Å². The summed E-state index contributed by atoms with van der Waals surface area (Å²) in [6.07, 6.45) is 1.43. The molecule has 1 amide bonds. The summed E-state index contributed by atoms with van der Waals surface area (Å²) in [4.78, 5) is 23.5. The number of aryl methyl sites for hydroxylation is 1. The summed E-state index contributed by atoms with van der Waals surface area (Å²) in [5.74, 6) is -0.676. The number of nitrogens with two attached hydrogens (primary N) is 1. The van der Waals surface area contributed by atoms with E-state index in [9.17, 15) is 9.59 Å². The molecule has 1 atom stereocenters. The molecule has 2 aromatic rings. The van der Waals surface area contributed by atoms with Crippen molar-refractivity contribution < 1.29 is 9.21 Å². The number of hydrogen-bond acceptors (Lipinski definition) is 4. The number of fused-ring (bicyclic) bond motifs is 1. The fourth-order valence-electron chi connectivity index (χ4n) is 2.11. The minimum atomic E-state index is -0.911. The molecule has 0 fully saturated rings. The molecule has 6 nitrogen and oxygen atoms in total. The molecule has 3 N–H and O–H groups in total. The summed E-state index contributed by atoms with van der Waals surface area (Å²) in [6.45, 7) is 3.68. The second-order valence-corrected chi connectivity index (χ2v) is 5.23. The number of carbonyl (C=O) groups excluding carboxylic acids is 1. The van der Waals surface area contributed by atoms with Crippen molar-refractivity contribution in [2.75, 3.05) is 5.32 Å². The Morgan fingerprint density at radius 3 is 2.76 bits per heavy atom. The van der Waals surface area contributed by atoms with Crippen LogP contribution in [0.15, 0.2) is 27.4 Å². The molecule has 7 heteroatoms. The first-order chi connectivity index (χ1) is 9.35. The molecule has 0 radical (unpaired) electrons. The molecule has 2 rings (SSSR count). The lowest BCUT2D eigenvalue weighted by atomic mass is 9.96. The molecule has 0 saturated carbocycles. The van der Waals surface area contributed by atoms with Crippen molar-refractivity contribution in [1.82, 2.24) is 4.57 Å². The number of oxazole rings is 1. The molecule has 0 aliphatic rings. The Kier molecular flexibility index (Phi) is 5.20. The smallest absolute Gasteiger partial charge is 0.408 e. The largest absolute Gasteiger partial charge is 0.419 e. The second kappa shape index (κ2) is 6.32. The minimum Gasteiger partial charge on any atom is -0.408 e. The third-order valence-corrected chi connectivity index (χ3v) is 3.34. The summed E-state index contributed by atoms with van der Waals surface area (Å²) in [7, 11) is 1.61. The summed E-state index contributed by atoms with van der Waals surface area (Å²) in [5, 5.41) is 2.77. The van der Waals surface area contributed by atoms with Crippen molar-refractivity contribution in [2.45, 2.75) is 32.2 Å². The maximum atomic E-state index is 12.1. The van der Waals surface area contributed by atoms with Gasteiger partial charge in [-0.1, -0.05) is 13.3 Å². The first kappa shape index (κ1) is 17.3. The van der Waals surface area contributed by atoms with E-state index in [2.05, 4.69) is 5.32 Å². The maximum absolute atomic E-state index is 12.1. The van der Waals surface area contributed by atoms with Crippen LogP contribution in [-0.2, 0) is 11.8 Å². The Balaban J connectivity index is 0.00000220. The standard InChI is InChI=1S/C14H19N3O3.ClH/c1-4-7-14(2,15)12(18)16-9-5-6-11-10(8-9)17(3)13(19)20-11;/h5-6,8H,4,7,15H2,1-3H3,(H,16,18);1H. The topological polar surface area (TPSA) is 90.3 Å². The van der Waals surface area contributed by atoms with E-state index in [1.54, 1.807) is 32.2 Å². The van der Waals surface area contributed by atoms with Crippen LogP contribution >= 0.6 is 12.4 Å². The monoisotopic (exact) mass is 313 g/mol. The normalized spacial score (nSPS) is 13.5. The SMILES string of the molecule is CCCC(C)(N)C(=O)Nc1ccc2oc(=O)n(C)c2c1.Cl. The Labute approximate surface area is 128 Å². The Hall–Kier alpha value is -1.79. The van der Waals surface area contributed by atoms with Crippen LogP contribution in [-0.4, -0.2) is 16.0 Å². The molecule has 1 unspecified atom stereocenters. The molecule has 0 saturated heterocycles. The van der Waals surface area contributed by atoms with E-state index in [1.807, 2.05) is 6.92 Å². The van der Waals surface area contributed by atoms with E-state index in [-0.39, 0.29) is 18.3 Å². The average Bonchev–Trinajstić information content (AvgIpc) is 2.65. The first-order valence-corrected chi connectivity index (χ1v) is 6.55. The van der Waals surface area contributed by atoms with Gasteiger partial charge in [0.1, 0.15) is 0 Å². The minimum absolute atomic E-state index is 0. The van der Waals surface area contributed by atoms with Gasteiger partial charge in [0.05, 0.1) is 11.1 Å². The van der Waals surface area contributed by atoms with Crippen LogP contribution < -0.4 is 16.8 Å². The van der Waals surface area contributed by atoms with Crippen LogP contribution in [0.25, 0.3) is 11.1 Å². The molecule has 0 aliphatic carbocycles. The van der Waals surface area contributed by atoms with Crippen LogP contribution in [0.4, 0.5) is 5.69 Å². The van der Waals surface area contributed by atoms with Gasteiger partial charge in [0.25, 0.3) is 0 Å². The molecule has 116 valence electrons. The van der Waals surface area contributed by atoms with Gasteiger partial charge in [0.2, 0.25) is 5.91 Å². The number of amides is 1. The number of benzene rings is 1. The molecular formula is C14H20ClN3O3. The predicted octanol–water partition coefficient (Wildman–Crippen LogP) is 2.01. The van der Waals surface area contributed by atoms with Crippen molar-refractivity contribution in [2.24, 2.45) is 12.8 Å². The van der Waals surface area contributed by atoms with E-state index in [4.69, 9.17) is 10.2 Å². The lowest BCUT2D eigenvalue weighted by Gasteiger charge is -2.22. The van der Waals surface area contributed by atoms with Gasteiger partial charge in [0.15, 0.2) is 5.58 Å². The zero-order chi connectivity index (χ0) is 14.9. The molecule has 0 bridgehead atoms. The number of hydrogen-bond donors (Lipinski definition) is 2. The second-order valence-electron chi connectivity index (χ2n) is 5.23. The summed E-state index contributed by atoms with van der Waals surface area (Å²) in [5.41, 5.74) is 6.77. The Bertz CT molecular complexity index is 703. The number of anilines is 1. The van der Waals surface area contributed by atoms with E-state index in [0.717, 1.165) is 6.42 Å². The molecule has 0 spiro atoms. The number of halogens is 1. The van der Waals surface area contributed by atoms with Gasteiger partial charge in [-0.2, -0.15) is 0 Å². The Morgan fingerprint density at radius 2 is 2.14 bits per heavy atom. The molecule has 1 heterocycles. The zero-order valence-corrected chi connectivity index (χ0v) is 13.1. The highest BCUT2D eigenvalue weighted by Gasteiger charge is 2.27. The van der Waals surface area contributed by atoms with Gasteiger partial charge >= 0.3 is 5.76 Å². The molecular weight excluding hydrogens is 294 g/mol. The van der Waals surface area contributed by atoms with Gasteiger partial charge in [-0.15, -0.1) is 12.4 Å². The van der Waals surface area contributed by atoms with Crippen molar-refractivity contribution in [1.29, 1.82) is 0 Å². The number of rotatable bonds is 4. The van der Waals surface area contributed by atoms with E-state index >= 15 is 0 Å². The van der Waals surface area contributed by atoms with E-state index in [0.29, 0.717) is 23.2 Å². The highest BCUT2D eigenvalue weighted by molar-refractivity contribution is 5.98. The molecule has 1 aromatic heterocycles. The maximum Gasteiger partial charge on any atom is 0.419 e. The summed E-state index contributed by atoms with van der Waals surface area (Å²) < 4.78 is 6.42. The van der Waals surface area contributed by atoms with Crippen molar-refractivity contribution in [3.05, 3.63) is 28.7 Å². The van der Waals surface area contributed by atoms with Crippen molar-refractivity contribution >= 4 is 35.1 Å². The van der Waals surface area contributed by atoms with Crippen LogP contribution in [0.2, 0.25) is 0 Å². The third kappa shape index (κ3) is 3.46. The van der Waals surface area contributed by atoms with Crippen LogP contribution in [0.3, 0.4) is 0 Å². The number of carbonyl (C=O) groups is 1. The summed E-state index contributed by atoms with van der Waals surface area (Å²) >= 11 is 0. The van der Waals surface area contributed by atoms with Gasteiger partial charge < -0.3 is 15.5 Å². The zero-order valence-electron chi connectivity index (χ0n) is 12.3. The van der Waals surface area contributed by atoms with E-state index in [1.165, 1.54) is 4.57 Å². The lowest BCUT2D eigenvalue weighted by molar-refractivity contribution is -0.120. The number of aromatic nitrogens is 1.